The minimum atomic E-state index is 0.119. The highest BCUT2D eigenvalue weighted by molar-refractivity contribution is 6.06. The van der Waals surface area contributed by atoms with Gasteiger partial charge >= 0.3 is 0 Å². The summed E-state index contributed by atoms with van der Waals surface area (Å²) < 4.78 is 6.11. The Morgan fingerprint density at radius 3 is 2.65 bits per heavy atom. The number of hydrogen-bond acceptors (Lipinski definition) is 6. The number of benzene rings is 2. The van der Waals surface area contributed by atoms with Gasteiger partial charge in [0, 0.05) is 75.3 Å². The van der Waals surface area contributed by atoms with Gasteiger partial charge in [0.15, 0.2) is 0 Å². The van der Waals surface area contributed by atoms with E-state index < -0.39 is 0 Å². The number of nitrogens with one attached hydrogen (secondary N) is 1. The van der Waals surface area contributed by atoms with Crippen LogP contribution in [0.1, 0.15) is 53.2 Å². The average molecular weight is 542 g/mol. The molecule has 3 fully saturated rings. The Morgan fingerprint density at radius 1 is 1.05 bits per heavy atom. The number of para-hydroxylation sites is 1. The van der Waals surface area contributed by atoms with E-state index in [-0.39, 0.29) is 17.9 Å². The number of rotatable bonds is 10. The molecule has 40 heavy (non-hydrogen) atoms. The molecule has 210 valence electrons. The van der Waals surface area contributed by atoms with Crippen molar-refractivity contribution in [3.8, 4) is 5.75 Å². The van der Waals surface area contributed by atoms with Gasteiger partial charge in [0.05, 0.1) is 11.1 Å². The first-order valence-corrected chi connectivity index (χ1v) is 14.6. The van der Waals surface area contributed by atoms with Crippen molar-refractivity contribution in [3.63, 3.8) is 0 Å². The van der Waals surface area contributed by atoms with Gasteiger partial charge in [-0.2, -0.15) is 0 Å². The number of piperazine rings is 1. The molecule has 8 heteroatoms. The summed E-state index contributed by atoms with van der Waals surface area (Å²) in [7, 11) is 2.09. The second-order valence-corrected chi connectivity index (χ2v) is 11.5. The Balaban J connectivity index is 0.973. The fraction of sp³-hybridized carbons (Fsp3) is 0.469. The highest BCUT2D eigenvalue weighted by atomic mass is 16.5. The van der Waals surface area contributed by atoms with E-state index in [1.54, 1.807) is 0 Å². The van der Waals surface area contributed by atoms with Crippen LogP contribution in [0.5, 0.6) is 5.75 Å². The summed E-state index contributed by atoms with van der Waals surface area (Å²) in [6.45, 7) is 6.23. The molecule has 2 amide bonds. The van der Waals surface area contributed by atoms with Gasteiger partial charge in [0.1, 0.15) is 12.4 Å². The number of aromatic nitrogens is 1. The van der Waals surface area contributed by atoms with Gasteiger partial charge in [-0.15, -0.1) is 0 Å². The molecule has 2 aromatic carbocycles. The Morgan fingerprint density at radius 2 is 1.88 bits per heavy atom. The number of amides is 2. The van der Waals surface area contributed by atoms with Crippen molar-refractivity contribution in [2.24, 2.45) is 0 Å². The van der Waals surface area contributed by atoms with Gasteiger partial charge in [-0.25, -0.2) is 0 Å². The summed E-state index contributed by atoms with van der Waals surface area (Å²) >= 11 is 0. The van der Waals surface area contributed by atoms with Crippen molar-refractivity contribution in [2.75, 3.05) is 52.9 Å². The second kappa shape index (κ2) is 11.9. The average Bonchev–Trinajstić information content (AvgIpc) is 3.74. The lowest BCUT2D eigenvalue weighted by Gasteiger charge is -2.34. The molecule has 6 rings (SSSR count). The predicted molar refractivity (Wildman–Crippen MR) is 155 cm³/mol. The van der Waals surface area contributed by atoms with Crippen LogP contribution in [0.25, 0.3) is 10.9 Å². The maximum Gasteiger partial charge on any atom is 0.254 e. The number of nitrogens with zero attached hydrogens (tertiary/aromatic N) is 4. The van der Waals surface area contributed by atoms with E-state index >= 15 is 0 Å². The third-order valence-corrected chi connectivity index (χ3v) is 8.27. The SMILES string of the molecule is CN(Cc1cccc(OCCN2CCN(C(=O)c3cc(C4CC4)nc4ccccc34)CC2)c1)CC1CCC(=O)N1. The normalized spacial score (nSPS) is 19.8. The Bertz CT molecular complexity index is 1370. The molecule has 0 spiro atoms. The summed E-state index contributed by atoms with van der Waals surface area (Å²) in [5.74, 6) is 1.67. The minimum Gasteiger partial charge on any atom is -0.492 e. The molecule has 8 nitrogen and oxygen atoms in total. The summed E-state index contributed by atoms with van der Waals surface area (Å²) in [4.78, 5) is 36.5. The van der Waals surface area contributed by atoms with E-state index in [1.807, 2.05) is 47.4 Å². The molecule has 1 aliphatic carbocycles. The second-order valence-electron chi connectivity index (χ2n) is 11.5. The highest BCUT2D eigenvalue weighted by Crippen LogP contribution is 2.40. The Hall–Kier alpha value is -3.49. The molecule has 1 unspecified atom stereocenters. The monoisotopic (exact) mass is 541 g/mol. The topological polar surface area (TPSA) is 78.0 Å². The van der Waals surface area contributed by atoms with Crippen molar-refractivity contribution < 1.29 is 14.3 Å². The lowest BCUT2D eigenvalue weighted by molar-refractivity contribution is -0.119. The van der Waals surface area contributed by atoms with Crippen molar-refractivity contribution in [1.82, 2.24) is 25.0 Å². The van der Waals surface area contributed by atoms with E-state index in [9.17, 15) is 9.59 Å². The zero-order valence-electron chi connectivity index (χ0n) is 23.3. The molecule has 2 saturated heterocycles. The van der Waals surface area contributed by atoms with Crippen LogP contribution in [0, 0.1) is 0 Å². The quantitative estimate of drug-likeness (QED) is 0.422. The first-order valence-electron chi connectivity index (χ1n) is 14.6. The molecule has 3 heterocycles. The van der Waals surface area contributed by atoms with E-state index in [2.05, 4.69) is 34.3 Å². The zero-order valence-corrected chi connectivity index (χ0v) is 23.3. The van der Waals surface area contributed by atoms with E-state index in [0.29, 0.717) is 18.9 Å². The number of fused-ring (bicyclic) bond motifs is 1. The lowest BCUT2D eigenvalue weighted by Crippen LogP contribution is -2.49. The number of likely N-dealkylation sites (N-methyl/N-ethyl adjacent to an activating group) is 1. The van der Waals surface area contributed by atoms with Crippen LogP contribution in [0.2, 0.25) is 0 Å². The van der Waals surface area contributed by atoms with Crippen LogP contribution in [0.4, 0.5) is 0 Å². The summed E-state index contributed by atoms with van der Waals surface area (Å²) in [5, 5.41) is 3.99. The molecule has 2 aliphatic heterocycles. The zero-order chi connectivity index (χ0) is 27.5. The van der Waals surface area contributed by atoms with E-state index in [4.69, 9.17) is 9.72 Å². The number of ether oxygens (including phenoxy) is 1. The molecule has 1 saturated carbocycles. The van der Waals surface area contributed by atoms with Crippen LogP contribution in [-0.4, -0.2) is 90.5 Å². The predicted octanol–water partition coefficient (Wildman–Crippen LogP) is 3.66. The van der Waals surface area contributed by atoms with E-state index in [1.165, 1.54) is 18.4 Å². The molecule has 1 atom stereocenters. The largest absolute Gasteiger partial charge is 0.492 e. The van der Waals surface area contributed by atoms with Gasteiger partial charge in [-0.05, 0) is 56.1 Å². The number of carbonyl (C=O) groups is 2. The standard InChI is InChI=1S/C32H39N5O3/c1-35(22-25-11-12-31(38)33-25)21-23-5-4-6-26(19-23)40-18-17-36-13-15-37(16-14-36)32(39)28-20-30(24-9-10-24)34-29-8-3-2-7-27(28)29/h2-8,19-20,24-25H,9-18,21-22H2,1H3,(H,33,38). The van der Waals surface area contributed by atoms with Crippen molar-refractivity contribution in [3.05, 3.63) is 71.4 Å². The van der Waals surface area contributed by atoms with Crippen LogP contribution in [0.15, 0.2) is 54.6 Å². The molecule has 1 N–H and O–H groups in total. The first-order chi connectivity index (χ1) is 19.5. The third-order valence-electron chi connectivity index (χ3n) is 8.27. The number of pyridine rings is 1. The molecular formula is C32H39N5O3. The molecule has 3 aliphatic rings. The highest BCUT2D eigenvalue weighted by Gasteiger charge is 2.29. The van der Waals surface area contributed by atoms with Crippen LogP contribution < -0.4 is 10.1 Å². The van der Waals surface area contributed by atoms with Gasteiger partial charge in [0.25, 0.3) is 5.91 Å². The third kappa shape index (κ3) is 6.45. The first kappa shape index (κ1) is 26.7. The van der Waals surface area contributed by atoms with E-state index in [0.717, 1.165) is 80.1 Å². The summed E-state index contributed by atoms with van der Waals surface area (Å²) in [5.41, 5.74) is 3.98. The van der Waals surface area contributed by atoms with Gasteiger partial charge in [-0.3, -0.25) is 19.5 Å². The molecule has 3 aromatic rings. The van der Waals surface area contributed by atoms with Gasteiger partial charge < -0.3 is 19.9 Å². The molecule has 0 radical (unpaired) electrons. The van der Waals surface area contributed by atoms with Crippen molar-refractivity contribution in [1.29, 1.82) is 0 Å². The number of hydrogen-bond donors (Lipinski definition) is 1. The van der Waals surface area contributed by atoms with Crippen molar-refractivity contribution in [2.45, 2.75) is 44.2 Å². The molecular weight excluding hydrogens is 502 g/mol. The summed E-state index contributed by atoms with van der Waals surface area (Å²) in [6.07, 6.45) is 3.89. The summed E-state index contributed by atoms with van der Waals surface area (Å²) in [6, 6.07) is 18.6. The van der Waals surface area contributed by atoms with Crippen LogP contribution >= 0.6 is 0 Å². The number of carbonyl (C=O) groups excluding carboxylic acids is 2. The van der Waals surface area contributed by atoms with Crippen LogP contribution in [0.3, 0.4) is 0 Å². The maximum atomic E-state index is 13.6. The minimum absolute atomic E-state index is 0.119. The fourth-order valence-electron chi connectivity index (χ4n) is 5.90. The fourth-order valence-corrected chi connectivity index (χ4v) is 5.90. The maximum absolute atomic E-state index is 13.6. The van der Waals surface area contributed by atoms with Crippen molar-refractivity contribution >= 4 is 22.7 Å². The Labute approximate surface area is 236 Å². The Kier molecular flexibility index (Phi) is 7.98. The lowest BCUT2D eigenvalue weighted by atomic mass is 10.0. The van der Waals surface area contributed by atoms with Gasteiger partial charge in [0.2, 0.25) is 5.91 Å². The van der Waals surface area contributed by atoms with Crippen LogP contribution in [-0.2, 0) is 11.3 Å². The smallest absolute Gasteiger partial charge is 0.254 e. The van der Waals surface area contributed by atoms with Gasteiger partial charge in [-0.1, -0.05) is 30.3 Å². The molecule has 1 aromatic heterocycles. The molecule has 0 bridgehead atoms.